The maximum absolute atomic E-state index is 12.0. The monoisotopic (exact) mass is 374 g/mol. The van der Waals surface area contributed by atoms with Gasteiger partial charge < -0.3 is 5.32 Å². The van der Waals surface area contributed by atoms with Crippen molar-refractivity contribution in [2.24, 2.45) is 5.10 Å². The molecule has 0 saturated heterocycles. The van der Waals surface area contributed by atoms with Crippen molar-refractivity contribution >= 4 is 23.2 Å². The SMILES string of the molecule is N#CCc1ccc(NC(=O)C(=O)NN=C2CCC(c3ccccc3)CC2)cc1. The quantitative estimate of drug-likeness (QED) is 0.633. The Morgan fingerprint density at radius 2 is 1.68 bits per heavy atom. The minimum Gasteiger partial charge on any atom is -0.318 e. The highest BCUT2D eigenvalue weighted by atomic mass is 16.2. The number of hydrogen-bond donors (Lipinski definition) is 2. The molecule has 6 heteroatoms. The number of carbonyl (C=O) groups is 2. The fourth-order valence-electron chi connectivity index (χ4n) is 3.29. The predicted octanol–water partition coefficient (Wildman–Crippen LogP) is 3.52. The van der Waals surface area contributed by atoms with Crippen molar-refractivity contribution < 1.29 is 9.59 Å². The number of rotatable bonds is 4. The van der Waals surface area contributed by atoms with Gasteiger partial charge in [-0.15, -0.1) is 0 Å². The highest BCUT2D eigenvalue weighted by Gasteiger charge is 2.20. The summed E-state index contributed by atoms with van der Waals surface area (Å²) < 4.78 is 0. The summed E-state index contributed by atoms with van der Waals surface area (Å²) in [4.78, 5) is 24.0. The lowest BCUT2D eigenvalue weighted by Crippen LogP contribution is -2.33. The molecule has 0 heterocycles. The molecule has 3 rings (SSSR count). The van der Waals surface area contributed by atoms with Gasteiger partial charge in [0.2, 0.25) is 0 Å². The van der Waals surface area contributed by atoms with Gasteiger partial charge in [-0.2, -0.15) is 10.4 Å². The summed E-state index contributed by atoms with van der Waals surface area (Å²) in [6.45, 7) is 0. The van der Waals surface area contributed by atoms with Crippen molar-refractivity contribution in [2.45, 2.75) is 38.0 Å². The molecule has 1 fully saturated rings. The molecule has 28 heavy (non-hydrogen) atoms. The molecule has 6 nitrogen and oxygen atoms in total. The molecule has 2 aromatic carbocycles. The van der Waals surface area contributed by atoms with Gasteiger partial charge in [-0.05, 0) is 54.9 Å². The number of hydrazone groups is 1. The zero-order valence-electron chi connectivity index (χ0n) is 15.5. The minimum atomic E-state index is -0.793. The van der Waals surface area contributed by atoms with E-state index in [1.165, 1.54) is 5.56 Å². The Labute approximate surface area is 164 Å². The van der Waals surface area contributed by atoms with Crippen LogP contribution in [0.15, 0.2) is 59.7 Å². The summed E-state index contributed by atoms with van der Waals surface area (Å²) in [5.41, 5.74) is 5.95. The number of benzene rings is 2. The van der Waals surface area contributed by atoms with Crippen molar-refractivity contribution in [3.8, 4) is 6.07 Å². The van der Waals surface area contributed by atoms with Gasteiger partial charge in [0.25, 0.3) is 0 Å². The van der Waals surface area contributed by atoms with Gasteiger partial charge in [0.1, 0.15) is 0 Å². The van der Waals surface area contributed by atoms with Crippen LogP contribution in [0.3, 0.4) is 0 Å². The maximum atomic E-state index is 12.0. The first-order valence-electron chi connectivity index (χ1n) is 9.33. The third-order valence-electron chi connectivity index (χ3n) is 4.85. The standard InChI is InChI=1S/C22H22N4O2/c23-15-14-16-6-10-19(11-7-16)24-21(27)22(28)26-25-20-12-8-18(9-13-20)17-4-2-1-3-5-17/h1-7,10-11,18H,8-9,12-14H2,(H,24,27)(H,26,28). The highest BCUT2D eigenvalue weighted by Crippen LogP contribution is 2.31. The number of carbonyl (C=O) groups excluding carboxylic acids is 2. The van der Waals surface area contributed by atoms with Crippen LogP contribution in [-0.2, 0) is 16.0 Å². The van der Waals surface area contributed by atoms with Gasteiger partial charge >= 0.3 is 11.8 Å². The molecule has 0 spiro atoms. The Balaban J connectivity index is 1.47. The molecule has 1 aliphatic rings. The van der Waals surface area contributed by atoms with E-state index in [0.29, 0.717) is 18.0 Å². The van der Waals surface area contributed by atoms with E-state index in [9.17, 15) is 9.59 Å². The lowest BCUT2D eigenvalue weighted by Gasteiger charge is -2.23. The van der Waals surface area contributed by atoms with E-state index in [1.54, 1.807) is 24.3 Å². The van der Waals surface area contributed by atoms with Crippen LogP contribution in [-0.4, -0.2) is 17.5 Å². The fraction of sp³-hybridized carbons (Fsp3) is 0.273. The van der Waals surface area contributed by atoms with Crippen molar-refractivity contribution in [1.82, 2.24) is 5.43 Å². The lowest BCUT2D eigenvalue weighted by molar-refractivity contribution is -0.136. The molecule has 0 aromatic heterocycles. The summed E-state index contributed by atoms with van der Waals surface area (Å²) in [5, 5.41) is 15.3. The molecule has 1 aliphatic carbocycles. The second-order valence-electron chi connectivity index (χ2n) is 6.79. The van der Waals surface area contributed by atoms with Crippen molar-refractivity contribution in [2.75, 3.05) is 5.32 Å². The number of nitrogens with zero attached hydrogens (tertiary/aromatic N) is 2. The molecule has 1 saturated carbocycles. The van der Waals surface area contributed by atoms with E-state index in [1.807, 2.05) is 6.07 Å². The smallest absolute Gasteiger partial charge is 0.318 e. The molecule has 0 radical (unpaired) electrons. The van der Waals surface area contributed by atoms with Crippen LogP contribution in [0.4, 0.5) is 5.69 Å². The first-order chi connectivity index (χ1) is 13.7. The third-order valence-corrected chi connectivity index (χ3v) is 4.85. The molecule has 0 atom stereocenters. The number of anilines is 1. The maximum Gasteiger partial charge on any atom is 0.329 e. The molecule has 2 N–H and O–H groups in total. The summed E-state index contributed by atoms with van der Waals surface area (Å²) >= 11 is 0. The van der Waals surface area contributed by atoms with Gasteiger partial charge in [0.15, 0.2) is 0 Å². The Kier molecular flexibility index (Phi) is 6.53. The molecule has 0 bridgehead atoms. The van der Waals surface area contributed by atoms with Gasteiger partial charge in [0.05, 0.1) is 12.5 Å². The van der Waals surface area contributed by atoms with E-state index in [0.717, 1.165) is 37.0 Å². The van der Waals surface area contributed by atoms with Crippen LogP contribution in [0.2, 0.25) is 0 Å². The van der Waals surface area contributed by atoms with Crippen LogP contribution in [0.1, 0.15) is 42.7 Å². The average Bonchev–Trinajstić information content (AvgIpc) is 2.74. The zero-order valence-corrected chi connectivity index (χ0v) is 15.5. The summed E-state index contributed by atoms with van der Waals surface area (Å²) in [5.74, 6) is -1.04. The van der Waals surface area contributed by atoms with Gasteiger partial charge in [-0.25, -0.2) is 5.43 Å². The van der Waals surface area contributed by atoms with Crippen molar-refractivity contribution in [3.63, 3.8) is 0 Å². The van der Waals surface area contributed by atoms with Crippen molar-refractivity contribution in [3.05, 3.63) is 65.7 Å². The molecular weight excluding hydrogens is 352 g/mol. The Bertz CT molecular complexity index is 888. The van der Waals surface area contributed by atoms with Crippen LogP contribution >= 0.6 is 0 Å². The van der Waals surface area contributed by atoms with E-state index >= 15 is 0 Å². The van der Waals surface area contributed by atoms with E-state index < -0.39 is 11.8 Å². The second kappa shape index (κ2) is 9.47. The first kappa shape index (κ1) is 19.3. The van der Waals surface area contributed by atoms with Crippen LogP contribution in [0.5, 0.6) is 0 Å². The molecule has 0 unspecified atom stereocenters. The van der Waals surface area contributed by atoms with E-state index in [4.69, 9.17) is 5.26 Å². The lowest BCUT2D eigenvalue weighted by atomic mass is 9.83. The normalized spacial score (nSPS) is 16.0. The summed E-state index contributed by atoms with van der Waals surface area (Å²) in [7, 11) is 0. The molecule has 2 amide bonds. The second-order valence-corrected chi connectivity index (χ2v) is 6.79. The minimum absolute atomic E-state index is 0.303. The predicted molar refractivity (Wildman–Crippen MR) is 108 cm³/mol. The summed E-state index contributed by atoms with van der Waals surface area (Å²) in [6, 6.07) is 19.3. The first-order valence-corrected chi connectivity index (χ1v) is 9.33. The van der Waals surface area contributed by atoms with Crippen LogP contribution < -0.4 is 10.7 Å². The van der Waals surface area contributed by atoms with E-state index in [-0.39, 0.29) is 0 Å². The fourth-order valence-corrected chi connectivity index (χ4v) is 3.29. The number of nitrogens with one attached hydrogen (secondary N) is 2. The Morgan fingerprint density at radius 3 is 2.32 bits per heavy atom. The van der Waals surface area contributed by atoms with Gasteiger partial charge in [0, 0.05) is 11.4 Å². The highest BCUT2D eigenvalue weighted by molar-refractivity contribution is 6.39. The molecular formula is C22H22N4O2. The van der Waals surface area contributed by atoms with E-state index in [2.05, 4.69) is 46.2 Å². The third kappa shape index (κ3) is 5.27. The molecule has 2 aromatic rings. The van der Waals surface area contributed by atoms with Gasteiger partial charge in [-0.1, -0.05) is 42.5 Å². The average molecular weight is 374 g/mol. The zero-order chi connectivity index (χ0) is 19.8. The van der Waals surface area contributed by atoms with Gasteiger partial charge in [-0.3, -0.25) is 9.59 Å². The van der Waals surface area contributed by atoms with Crippen molar-refractivity contribution in [1.29, 1.82) is 5.26 Å². The largest absolute Gasteiger partial charge is 0.329 e. The molecule has 0 aliphatic heterocycles. The summed E-state index contributed by atoms with van der Waals surface area (Å²) in [6.07, 6.45) is 3.89. The Morgan fingerprint density at radius 1 is 1.00 bits per heavy atom. The van der Waals surface area contributed by atoms with Crippen LogP contribution in [0, 0.1) is 11.3 Å². The Hall–Kier alpha value is -3.46. The molecule has 142 valence electrons. The topological polar surface area (TPSA) is 94.4 Å². The van der Waals surface area contributed by atoms with Crippen LogP contribution in [0.25, 0.3) is 0 Å². The number of nitriles is 1. The number of amides is 2. The number of hydrogen-bond acceptors (Lipinski definition) is 4.